The highest BCUT2D eigenvalue weighted by molar-refractivity contribution is 8.18. The van der Waals surface area contributed by atoms with Crippen LogP contribution >= 0.6 is 11.8 Å². The van der Waals surface area contributed by atoms with Crippen LogP contribution in [0.15, 0.2) is 88.8 Å². The van der Waals surface area contributed by atoms with Gasteiger partial charge >= 0.3 is 5.97 Å². The Bertz CT molecular complexity index is 1270. The zero-order chi connectivity index (χ0) is 25.3. The van der Waals surface area contributed by atoms with Crippen LogP contribution in [0.4, 0.5) is 5.69 Å². The zero-order valence-corrected chi connectivity index (χ0v) is 20.6. The Morgan fingerprint density at radius 2 is 1.75 bits per heavy atom. The largest absolute Gasteiger partial charge is 0.488 e. The highest BCUT2D eigenvalue weighted by Gasteiger charge is 2.33. The highest BCUT2D eigenvalue weighted by Crippen LogP contribution is 2.35. The van der Waals surface area contributed by atoms with E-state index in [1.54, 1.807) is 29.2 Å². The normalized spacial score (nSPS) is 15.6. The maximum Gasteiger partial charge on any atom is 0.335 e. The number of carboxylic acid groups (broad SMARTS) is 1. The lowest BCUT2D eigenvalue weighted by Crippen LogP contribution is -2.32. The van der Waals surface area contributed by atoms with Crippen LogP contribution < -0.4 is 4.74 Å². The third-order valence-electron chi connectivity index (χ3n) is 5.33. The second kappa shape index (κ2) is 12.2. The fourth-order valence-electron chi connectivity index (χ4n) is 3.48. The number of carbonyl (C=O) groups is 2. The SMILES string of the molecule is CCOCCN1C(=O)/C(=C/c2ccccc2OCc2ccc(C(=O)O)cc2)SC1=Nc1ccccc1. The monoisotopic (exact) mass is 502 g/mol. The molecule has 3 aromatic carbocycles. The number of amidine groups is 1. The van der Waals surface area contributed by atoms with Crippen LogP contribution in [-0.2, 0) is 16.1 Å². The van der Waals surface area contributed by atoms with Crippen molar-refractivity contribution in [3.63, 3.8) is 0 Å². The van der Waals surface area contributed by atoms with Crippen LogP contribution in [0.1, 0.15) is 28.4 Å². The van der Waals surface area contributed by atoms with Gasteiger partial charge in [-0.15, -0.1) is 0 Å². The molecular formula is C28H26N2O5S. The molecule has 1 N–H and O–H groups in total. The molecule has 1 aliphatic rings. The summed E-state index contributed by atoms with van der Waals surface area (Å²) in [7, 11) is 0. The Kier molecular flexibility index (Phi) is 8.54. The fourth-order valence-corrected chi connectivity index (χ4v) is 4.49. The molecule has 7 nitrogen and oxygen atoms in total. The lowest BCUT2D eigenvalue weighted by molar-refractivity contribution is -0.122. The lowest BCUT2D eigenvalue weighted by atomic mass is 10.1. The molecule has 4 rings (SSSR count). The number of benzene rings is 3. The summed E-state index contributed by atoms with van der Waals surface area (Å²) in [6.45, 7) is 3.59. The van der Waals surface area contributed by atoms with E-state index in [4.69, 9.17) is 19.6 Å². The molecule has 1 saturated heterocycles. The van der Waals surface area contributed by atoms with Gasteiger partial charge in [-0.05, 0) is 60.7 Å². The van der Waals surface area contributed by atoms with E-state index in [-0.39, 0.29) is 18.1 Å². The summed E-state index contributed by atoms with van der Waals surface area (Å²) in [5.41, 5.74) is 2.60. The van der Waals surface area contributed by atoms with Crippen LogP contribution in [0.3, 0.4) is 0 Å². The summed E-state index contributed by atoms with van der Waals surface area (Å²) in [6, 6.07) is 23.6. The average molecular weight is 503 g/mol. The molecule has 0 saturated carbocycles. The number of hydrogen-bond donors (Lipinski definition) is 1. The summed E-state index contributed by atoms with van der Waals surface area (Å²) >= 11 is 1.32. The predicted octanol–water partition coefficient (Wildman–Crippen LogP) is 5.60. The Morgan fingerprint density at radius 1 is 1.03 bits per heavy atom. The summed E-state index contributed by atoms with van der Waals surface area (Å²) in [5.74, 6) is -0.480. The first-order valence-electron chi connectivity index (χ1n) is 11.5. The van der Waals surface area contributed by atoms with Crippen LogP contribution in [-0.4, -0.2) is 46.8 Å². The number of aromatic carboxylic acids is 1. The fraction of sp³-hybridized carbons (Fsp3) is 0.179. The molecule has 1 heterocycles. The van der Waals surface area contributed by atoms with Crippen molar-refractivity contribution in [1.82, 2.24) is 4.90 Å². The van der Waals surface area contributed by atoms with E-state index in [2.05, 4.69) is 0 Å². The van der Waals surface area contributed by atoms with Crippen LogP contribution in [0.25, 0.3) is 6.08 Å². The van der Waals surface area contributed by atoms with E-state index < -0.39 is 5.97 Å². The molecule has 0 bridgehead atoms. The molecule has 184 valence electrons. The molecule has 0 radical (unpaired) electrons. The predicted molar refractivity (Wildman–Crippen MR) is 141 cm³/mol. The first-order chi connectivity index (χ1) is 17.5. The smallest absolute Gasteiger partial charge is 0.335 e. The molecule has 0 aromatic heterocycles. The minimum absolute atomic E-state index is 0.131. The van der Waals surface area contributed by atoms with E-state index in [9.17, 15) is 9.59 Å². The van der Waals surface area contributed by atoms with Gasteiger partial charge in [-0.25, -0.2) is 9.79 Å². The van der Waals surface area contributed by atoms with Crippen molar-refractivity contribution in [2.75, 3.05) is 19.8 Å². The van der Waals surface area contributed by atoms with Gasteiger partial charge in [0.2, 0.25) is 0 Å². The van der Waals surface area contributed by atoms with Gasteiger partial charge in [-0.2, -0.15) is 0 Å². The summed E-state index contributed by atoms with van der Waals surface area (Å²) in [6.07, 6.45) is 1.82. The van der Waals surface area contributed by atoms with E-state index in [1.165, 1.54) is 11.8 Å². The average Bonchev–Trinajstić information content (AvgIpc) is 3.18. The molecule has 1 fully saturated rings. The van der Waals surface area contributed by atoms with Crippen molar-refractivity contribution in [2.24, 2.45) is 4.99 Å². The molecule has 8 heteroatoms. The Morgan fingerprint density at radius 3 is 2.47 bits per heavy atom. The second-order valence-electron chi connectivity index (χ2n) is 7.82. The molecule has 0 unspecified atom stereocenters. The van der Waals surface area contributed by atoms with Gasteiger partial charge in [0.15, 0.2) is 5.17 Å². The van der Waals surface area contributed by atoms with Crippen LogP contribution in [0.2, 0.25) is 0 Å². The number of aliphatic imine (C=N–C) groups is 1. The van der Waals surface area contributed by atoms with Crippen molar-refractivity contribution in [2.45, 2.75) is 13.5 Å². The maximum atomic E-state index is 13.3. The van der Waals surface area contributed by atoms with E-state index >= 15 is 0 Å². The van der Waals surface area contributed by atoms with Gasteiger partial charge < -0.3 is 14.6 Å². The number of thioether (sulfide) groups is 1. The van der Waals surface area contributed by atoms with Gasteiger partial charge in [-0.1, -0.05) is 48.5 Å². The third-order valence-corrected chi connectivity index (χ3v) is 6.34. The minimum atomic E-state index is -0.969. The first kappa shape index (κ1) is 25.2. The van der Waals surface area contributed by atoms with Crippen molar-refractivity contribution in [1.29, 1.82) is 0 Å². The minimum Gasteiger partial charge on any atom is -0.488 e. The number of para-hydroxylation sites is 2. The van der Waals surface area contributed by atoms with Gasteiger partial charge in [0.25, 0.3) is 5.91 Å². The van der Waals surface area contributed by atoms with Crippen molar-refractivity contribution < 1.29 is 24.2 Å². The molecule has 0 atom stereocenters. The second-order valence-corrected chi connectivity index (χ2v) is 8.83. The highest BCUT2D eigenvalue weighted by atomic mass is 32.2. The first-order valence-corrected chi connectivity index (χ1v) is 12.3. The Hall–Kier alpha value is -3.88. The molecule has 36 heavy (non-hydrogen) atoms. The van der Waals surface area contributed by atoms with Crippen LogP contribution in [0, 0.1) is 0 Å². The van der Waals surface area contributed by atoms with Crippen molar-refractivity contribution in [3.05, 3.63) is 100 Å². The summed E-state index contributed by atoms with van der Waals surface area (Å²) < 4.78 is 11.5. The standard InChI is InChI=1S/C28H26N2O5S/c1-2-34-17-16-30-26(31)25(36-28(30)29-23-9-4-3-5-10-23)18-22-8-6-7-11-24(22)35-19-20-12-14-21(15-13-20)27(32)33/h3-15,18H,2,16-17,19H2,1H3,(H,32,33)/b25-18-,29-28?. The number of rotatable bonds is 10. The number of nitrogens with zero attached hydrogens (tertiary/aromatic N) is 2. The summed E-state index contributed by atoms with van der Waals surface area (Å²) in [5, 5.41) is 9.68. The Balaban J connectivity index is 1.55. The number of hydrogen-bond acceptors (Lipinski definition) is 6. The van der Waals surface area contributed by atoms with Crippen LogP contribution in [0.5, 0.6) is 5.75 Å². The molecular weight excluding hydrogens is 476 g/mol. The number of carboxylic acids is 1. The zero-order valence-electron chi connectivity index (χ0n) is 19.8. The molecule has 1 amide bonds. The maximum absolute atomic E-state index is 13.3. The van der Waals surface area contributed by atoms with Gasteiger partial charge in [0, 0.05) is 12.2 Å². The van der Waals surface area contributed by atoms with Gasteiger partial charge in [0.1, 0.15) is 12.4 Å². The Labute approximate surface area is 214 Å². The van der Waals surface area contributed by atoms with Crippen molar-refractivity contribution >= 4 is 40.6 Å². The van der Waals surface area contributed by atoms with E-state index in [0.29, 0.717) is 35.6 Å². The number of amides is 1. The summed E-state index contributed by atoms with van der Waals surface area (Å²) in [4.78, 5) is 31.2. The van der Waals surface area contributed by atoms with E-state index in [0.717, 1.165) is 16.8 Å². The third kappa shape index (κ3) is 6.41. The quantitative estimate of drug-likeness (QED) is 0.287. The lowest BCUT2D eigenvalue weighted by Gasteiger charge is -2.15. The topological polar surface area (TPSA) is 88.4 Å². The molecule has 0 spiro atoms. The van der Waals surface area contributed by atoms with E-state index in [1.807, 2.05) is 67.6 Å². The van der Waals surface area contributed by atoms with Crippen molar-refractivity contribution in [3.8, 4) is 5.75 Å². The van der Waals surface area contributed by atoms with Gasteiger partial charge in [0.05, 0.1) is 29.3 Å². The number of carbonyl (C=O) groups excluding carboxylic acids is 1. The molecule has 1 aliphatic heterocycles. The molecule has 0 aliphatic carbocycles. The van der Waals surface area contributed by atoms with Gasteiger partial charge in [-0.3, -0.25) is 9.69 Å². The molecule has 3 aromatic rings. The number of ether oxygens (including phenoxy) is 2.